The average Bonchev–Trinajstić information content (AvgIpc) is 2.91. The monoisotopic (exact) mass is 550 g/mol. The van der Waals surface area contributed by atoms with Crippen LogP contribution in [-0.4, -0.2) is 136 Å². The number of allylic oxidation sites excluding steroid dienone is 4. The molecule has 14 heteroatoms. The number of rotatable bonds is 15. The Kier molecular flexibility index (Phi) is 12.6. The molecular formula is C25H34N4O10. The fourth-order valence-corrected chi connectivity index (χ4v) is 3.71. The third kappa shape index (κ3) is 7.66. The van der Waals surface area contributed by atoms with Gasteiger partial charge < -0.3 is 18.9 Å². The minimum Gasteiger partial charge on any atom is -0.383 e. The van der Waals surface area contributed by atoms with E-state index in [1.807, 2.05) is 0 Å². The fraction of sp³-hybridized carbons (Fsp3) is 0.520. The SMILES string of the molecule is COCCN1C(=O)C(=CC=CC=CC2C(=O)N(CCOC)C(=O)N(CCOC)C2=O)C(=O)N(CCOC)C1=O. The van der Waals surface area contributed by atoms with Crippen LogP contribution >= 0.6 is 0 Å². The van der Waals surface area contributed by atoms with E-state index in [1.165, 1.54) is 58.8 Å². The summed E-state index contributed by atoms with van der Waals surface area (Å²) in [5, 5.41) is 0. The number of methoxy groups -OCH3 is 4. The molecule has 0 aromatic carbocycles. The van der Waals surface area contributed by atoms with Gasteiger partial charge in [0.05, 0.1) is 52.6 Å². The Morgan fingerprint density at radius 1 is 0.564 bits per heavy atom. The molecule has 2 saturated heterocycles. The van der Waals surface area contributed by atoms with Gasteiger partial charge in [0.25, 0.3) is 11.8 Å². The molecule has 0 aliphatic carbocycles. The van der Waals surface area contributed by atoms with Crippen molar-refractivity contribution in [2.24, 2.45) is 5.92 Å². The van der Waals surface area contributed by atoms with Crippen LogP contribution in [0.4, 0.5) is 9.59 Å². The molecule has 0 unspecified atom stereocenters. The second kappa shape index (κ2) is 15.6. The smallest absolute Gasteiger partial charge is 0.334 e. The molecule has 2 rings (SSSR count). The molecule has 2 aliphatic heterocycles. The van der Waals surface area contributed by atoms with Crippen molar-refractivity contribution in [1.82, 2.24) is 19.6 Å². The molecule has 0 aromatic rings. The summed E-state index contributed by atoms with van der Waals surface area (Å²) in [5.41, 5.74) is -0.252. The van der Waals surface area contributed by atoms with Gasteiger partial charge in [-0.3, -0.25) is 38.8 Å². The molecule has 2 fully saturated rings. The normalized spacial score (nSPS) is 17.7. The van der Waals surface area contributed by atoms with E-state index in [1.54, 1.807) is 0 Å². The quantitative estimate of drug-likeness (QED) is 0.116. The largest absolute Gasteiger partial charge is 0.383 e. The van der Waals surface area contributed by atoms with Crippen LogP contribution in [0.1, 0.15) is 0 Å². The van der Waals surface area contributed by atoms with E-state index in [4.69, 9.17) is 18.9 Å². The van der Waals surface area contributed by atoms with E-state index in [2.05, 4.69) is 0 Å². The first-order valence-corrected chi connectivity index (χ1v) is 12.1. The summed E-state index contributed by atoms with van der Waals surface area (Å²) >= 11 is 0. The minimum atomic E-state index is -1.27. The van der Waals surface area contributed by atoms with Gasteiger partial charge in [-0.1, -0.05) is 24.3 Å². The number of carbonyl (C=O) groups is 6. The van der Waals surface area contributed by atoms with Crippen LogP contribution in [0.2, 0.25) is 0 Å². The molecular weight excluding hydrogens is 516 g/mol. The van der Waals surface area contributed by atoms with Gasteiger partial charge in [-0.25, -0.2) is 9.59 Å². The number of imide groups is 4. The van der Waals surface area contributed by atoms with Crippen LogP contribution < -0.4 is 0 Å². The lowest BCUT2D eigenvalue weighted by molar-refractivity contribution is -0.148. The molecule has 0 spiro atoms. The molecule has 0 radical (unpaired) electrons. The van der Waals surface area contributed by atoms with Crippen molar-refractivity contribution >= 4 is 35.7 Å². The molecule has 39 heavy (non-hydrogen) atoms. The van der Waals surface area contributed by atoms with Crippen molar-refractivity contribution in [2.75, 3.05) is 81.0 Å². The zero-order valence-corrected chi connectivity index (χ0v) is 22.5. The topological polar surface area (TPSA) is 152 Å². The van der Waals surface area contributed by atoms with Gasteiger partial charge in [0.1, 0.15) is 11.5 Å². The lowest BCUT2D eigenvalue weighted by Gasteiger charge is -2.35. The Bertz CT molecular complexity index is 976. The Morgan fingerprint density at radius 2 is 0.949 bits per heavy atom. The highest BCUT2D eigenvalue weighted by Crippen LogP contribution is 2.20. The number of hydrogen-bond donors (Lipinski definition) is 0. The molecule has 2 aliphatic rings. The fourth-order valence-electron chi connectivity index (χ4n) is 3.71. The third-order valence-corrected chi connectivity index (χ3v) is 5.80. The highest BCUT2D eigenvalue weighted by molar-refractivity contribution is 6.28. The van der Waals surface area contributed by atoms with E-state index < -0.39 is 41.6 Å². The first kappa shape index (κ1) is 31.5. The van der Waals surface area contributed by atoms with E-state index in [-0.39, 0.29) is 58.2 Å². The third-order valence-electron chi connectivity index (χ3n) is 5.80. The first-order valence-electron chi connectivity index (χ1n) is 12.1. The summed E-state index contributed by atoms with van der Waals surface area (Å²) in [6.07, 6.45) is 6.73. The maximum Gasteiger partial charge on any atom is 0.334 e. The Hall–Kier alpha value is -3.72. The number of urea groups is 2. The Labute approximate surface area is 226 Å². The lowest BCUT2D eigenvalue weighted by atomic mass is 10.0. The summed E-state index contributed by atoms with van der Waals surface area (Å²) < 4.78 is 19.8. The molecule has 14 nitrogen and oxygen atoms in total. The maximum atomic E-state index is 12.9. The second-order valence-corrected chi connectivity index (χ2v) is 8.26. The van der Waals surface area contributed by atoms with Crippen molar-refractivity contribution in [3.63, 3.8) is 0 Å². The minimum absolute atomic E-state index is 0.0285. The van der Waals surface area contributed by atoms with Crippen LogP contribution in [0, 0.1) is 5.92 Å². The van der Waals surface area contributed by atoms with Crippen molar-refractivity contribution in [2.45, 2.75) is 0 Å². The zero-order valence-electron chi connectivity index (χ0n) is 22.5. The highest BCUT2D eigenvalue weighted by atomic mass is 16.5. The molecule has 214 valence electrons. The summed E-state index contributed by atoms with van der Waals surface area (Å²) in [5.74, 6) is -4.21. The predicted molar refractivity (Wildman–Crippen MR) is 135 cm³/mol. The van der Waals surface area contributed by atoms with E-state index in [0.717, 1.165) is 19.6 Å². The van der Waals surface area contributed by atoms with Crippen molar-refractivity contribution in [3.05, 3.63) is 36.0 Å². The van der Waals surface area contributed by atoms with Gasteiger partial charge in [-0.05, 0) is 6.08 Å². The Morgan fingerprint density at radius 3 is 1.36 bits per heavy atom. The van der Waals surface area contributed by atoms with Crippen LogP contribution in [-0.2, 0) is 38.1 Å². The summed E-state index contributed by atoms with van der Waals surface area (Å²) in [4.78, 5) is 80.5. The molecule has 0 aromatic heterocycles. The van der Waals surface area contributed by atoms with Crippen LogP contribution in [0.15, 0.2) is 36.0 Å². The van der Waals surface area contributed by atoms with Gasteiger partial charge >= 0.3 is 12.1 Å². The number of barbiturate groups is 2. The summed E-state index contributed by atoms with van der Waals surface area (Å²) in [7, 11) is 5.69. The number of carbonyl (C=O) groups excluding carboxylic acids is 6. The zero-order chi connectivity index (χ0) is 28.9. The van der Waals surface area contributed by atoms with Gasteiger partial charge in [0.15, 0.2) is 0 Å². The molecule has 0 atom stereocenters. The van der Waals surface area contributed by atoms with E-state index in [0.29, 0.717) is 0 Å². The van der Waals surface area contributed by atoms with Gasteiger partial charge in [0, 0.05) is 28.4 Å². The maximum absolute atomic E-state index is 12.9. The number of amides is 8. The average molecular weight is 551 g/mol. The predicted octanol–water partition coefficient (Wildman–Crippen LogP) is -0.191. The molecule has 0 saturated carbocycles. The summed E-state index contributed by atoms with van der Waals surface area (Å²) in [6.45, 7) is 0.223. The van der Waals surface area contributed by atoms with Gasteiger partial charge in [0.2, 0.25) is 11.8 Å². The Balaban J connectivity index is 2.25. The van der Waals surface area contributed by atoms with Crippen LogP contribution in [0.3, 0.4) is 0 Å². The second-order valence-electron chi connectivity index (χ2n) is 8.26. The molecule has 8 amide bonds. The molecule has 2 heterocycles. The van der Waals surface area contributed by atoms with Crippen molar-refractivity contribution < 1.29 is 47.7 Å². The first-order chi connectivity index (χ1) is 18.7. The molecule has 0 N–H and O–H groups in total. The number of ether oxygens (including phenoxy) is 4. The number of nitrogens with zero attached hydrogens (tertiary/aromatic N) is 4. The van der Waals surface area contributed by atoms with Crippen molar-refractivity contribution in [3.8, 4) is 0 Å². The molecule has 0 bridgehead atoms. The van der Waals surface area contributed by atoms with E-state index in [9.17, 15) is 28.8 Å². The van der Waals surface area contributed by atoms with Crippen molar-refractivity contribution in [1.29, 1.82) is 0 Å². The highest BCUT2D eigenvalue weighted by Gasteiger charge is 2.44. The number of hydrogen-bond acceptors (Lipinski definition) is 10. The standard InChI is InChI=1S/C25H34N4O10/c1-36-14-10-26-20(30)18(21(31)27(24(26)34)11-15-37-2)8-6-5-7-9-19-22(32)28(12-16-38-3)25(35)29(23(19)33)13-17-39-4/h5-9,18H,10-17H2,1-4H3. The van der Waals surface area contributed by atoms with Gasteiger partial charge in [-0.15, -0.1) is 0 Å². The summed E-state index contributed by atoms with van der Waals surface area (Å²) in [6, 6.07) is -1.51. The lowest BCUT2D eigenvalue weighted by Crippen LogP contribution is -2.60. The van der Waals surface area contributed by atoms with Crippen LogP contribution in [0.25, 0.3) is 0 Å². The van der Waals surface area contributed by atoms with E-state index >= 15 is 0 Å². The van der Waals surface area contributed by atoms with Crippen LogP contribution in [0.5, 0.6) is 0 Å². The van der Waals surface area contributed by atoms with Gasteiger partial charge in [-0.2, -0.15) is 0 Å².